The molecule has 3 heteroatoms. The molecule has 0 aromatic rings. The Balaban J connectivity index is 1.51. The molecule has 0 aromatic carbocycles. The molecule has 1 aliphatic carbocycles. The Labute approximate surface area is 118 Å². The average molecular weight is 266 g/mol. The van der Waals surface area contributed by atoms with Gasteiger partial charge in [-0.1, -0.05) is 19.3 Å². The third kappa shape index (κ3) is 3.71. The number of hydrogen-bond donors (Lipinski definition) is 1. The molecule has 3 fully saturated rings. The van der Waals surface area contributed by atoms with Crippen LogP contribution in [0.3, 0.4) is 0 Å². The van der Waals surface area contributed by atoms with E-state index >= 15 is 0 Å². The van der Waals surface area contributed by atoms with Crippen LogP contribution in [0.2, 0.25) is 0 Å². The minimum absolute atomic E-state index is 0.450. The number of hydrogen-bond acceptors (Lipinski definition) is 3. The lowest BCUT2D eigenvalue weighted by Crippen LogP contribution is -2.52. The van der Waals surface area contributed by atoms with Gasteiger partial charge >= 0.3 is 0 Å². The quantitative estimate of drug-likeness (QED) is 0.849. The molecular weight excluding hydrogens is 236 g/mol. The van der Waals surface area contributed by atoms with Crippen LogP contribution < -0.4 is 5.32 Å². The van der Waals surface area contributed by atoms with Gasteiger partial charge in [0.15, 0.2) is 0 Å². The molecule has 1 atom stereocenters. The molecule has 0 bridgehead atoms. The van der Waals surface area contributed by atoms with Crippen molar-refractivity contribution in [3.8, 4) is 0 Å². The highest BCUT2D eigenvalue weighted by Gasteiger charge is 2.34. The average Bonchev–Trinajstić information content (AvgIpc) is 2.88. The zero-order valence-electron chi connectivity index (χ0n) is 12.3. The van der Waals surface area contributed by atoms with E-state index in [2.05, 4.69) is 10.2 Å². The van der Waals surface area contributed by atoms with Crippen LogP contribution >= 0.6 is 0 Å². The molecule has 19 heavy (non-hydrogen) atoms. The summed E-state index contributed by atoms with van der Waals surface area (Å²) in [6.07, 6.45) is 12.8. The van der Waals surface area contributed by atoms with Crippen molar-refractivity contribution in [2.75, 3.05) is 32.8 Å². The van der Waals surface area contributed by atoms with E-state index in [-0.39, 0.29) is 0 Å². The van der Waals surface area contributed by atoms with Gasteiger partial charge in [0, 0.05) is 25.2 Å². The van der Waals surface area contributed by atoms with Gasteiger partial charge in [0.1, 0.15) is 0 Å². The van der Waals surface area contributed by atoms with E-state index in [1.165, 1.54) is 84.0 Å². The summed E-state index contributed by atoms with van der Waals surface area (Å²) in [6, 6.07) is 0. The first-order chi connectivity index (χ1) is 9.36. The Morgan fingerprint density at radius 1 is 1.11 bits per heavy atom. The van der Waals surface area contributed by atoms with Crippen LogP contribution in [0.5, 0.6) is 0 Å². The minimum Gasteiger partial charge on any atom is -0.378 e. The lowest BCUT2D eigenvalue weighted by atomic mass is 9.81. The van der Waals surface area contributed by atoms with E-state index in [1.54, 1.807) is 0 Å². The maximum atomic E-state index is 5.77. The molecule has 1 spiro atoms. The van der Waals surface area contributed by atoms with Crippen LogP contribution in [-0.2, 0) is 4.74 Å². The lowest BCUT2D eigenvalue weighted by Gasteiger charge is -2.40. The maximum absolute atomic E-state index is 5.77. The van der Waals surface area contributed by atoms with Crippen LogP contribution in [0.1, 0.15) is 57.8 Å². The molecule has 0 amide bonds. The molecule has 3 aliphatic rings. The Kier molecular flexibility index (Phi) is 4.78. The summed E-state index contributed by atoms with van der Waals surface area (Å²) < 4.78 is 5.77. The molecule has 2 saturated heterocycles. The topological polar surface area (TPSA) is 24.5 Å². The fraction of sp³-hybridized carbons (Fsp3) is 1.00. The Morgan fingerprint density at radius 2 is 2.00 bits per heavy atom. The summed E-state index contributed by atoms with van der Waals surface area (Å²) in [7, 11) is 0. The molecule has 0 aromatic heterocycles. The van der Waals surface area contributed by atoms with Gasteiger partial charge in [-0.3, -0.25) is 0 Å². The lowest BCUT2D eigenvalue weighted by molar-refractivity contribution is 0.0856. The van der Waals surface area contributed by atoms with Crippen LogP contribution in [-0.4, -0.2) is 49.3 Å². The minimum atomic E-state index is 0.450. The van der Waals surface area contributed by atoms with E-state index in [9.17, 15) is 0 Å². The van der Waals surface area contributed by atoms with Crippen LogP contribution in [0.4, 0.5) is 0 Å². The summed E-state index contributed by atoms with van der Waals surface area (Å²) in [5.41, 5.74) is 0.450. The van der Waals surface area contributed by atoms with Crippen molar-refractivity contribution in [3.05, 3.63) is 0 Å². The van der Waals surface area contributed by atoms with Gasteiger partial charge in [-0.2, -0.15) is 0 Å². The summed E-state index contributed by atoms with van der Waals surface area (Å²) in [6.45, 7) is 6.02. The van der Waals surface area contributed by atoms with Crippen molar-refractivity contribution in [1.82, 2.24) is 10.2 Å². The Morgan fingerprint density at radius 3 is 2.79 bits per heavy atom. The van der Waals surface area contributed by atoms with Gasteiger partial charge in [0.25, 0.3) is 0 Å². The van der Waals surface area contributed by atoms with Crippen molar-refractivity contribution in [1.29, 1.82) is 0 Å². The Bertz CT molecular complexity index is 270. The number of nitrogens with one attached hydrogen (secondary N) is 1. The van der Waals surface area contributed by atoms with Gasteiger partial charge in [0.05, 0.1) is 6.10 Å². The fourth-order valence-electron chi connectivity index (χ4n) is 4.17. The molecule has 0 radical (unpaired) electrons. The number of rotatable bonds is 3. The highest BCUT2D eigenvalue weighted by molar-refractivity contribution is 4.95. The summed E-state index contributed by atoms with van der Waals surface area (Å²) >= 11 is 0. The fourth-order valence-corrected chi connectivity index (χ4v) is 4.17. The van der Waals surface area contributed by atoms with E-state index < -0.39 is 0 Å². The van der Waals surface area contributed by atoms with Crippen LogP contribution in [0.15, 0.2) is 0 Å². The standard InChI is InChI=1S/C16H30N2O/c1-2-8-16(9-3-1)14-18(11-5-10-17-16)12-7-15-6-4-13-19-15/h15,17H,1-14H2. The van der Waals surface area contributed by atoms with Crippen molar-refractivity contribution in [2.45, 2.75) is 69.4 Å². The molecule has 2 heterocycles. The first-order valence-corrected chi connectivity index (χ1v) is 8.45. The predicted octanol–water partition coefficient (Wildman–Crippen LogP) is 2.55. The van der Waals surface area contributed by atoms with Gasteiger partial charge in [0.2, 0.25) is 0 Å². The first-order valence-electron chi connectivity index (χ1n) is 8.45. The second-order valence-electron chi connectivity index (χ2n) is 6.82. The van der Waals surface area contributed by atoms with Crippen molar-refractivity contribution >= 4 is 0 Å². The first kappa shape index (κ1) is 13.8. The highest BCUT2D eigenvalue weighted by Crippen LogP contribution is 2.30. The summed E-state index contributed by atoms with van der Waals surface area (Å²) in [4.78, 5) is 2.72. The summed E-state index contributed by atoms with van der Waals surface area (Å²) in [5, 5.41) is 3.88. The highest BCUT2D eigenvalue weighted by atomic mass is 16.5. The largest absolute Gasteiger partial charge is 0.378 e. The van der Waals surface area contributed by atoms with E-state index in [4.69, 9.17) is 4.74 Å². The molecule has 1 saturated carbocycles. The second kappa shape index (κ2) is 6.55. The number of nitrogens with zero attached hydrogens (tertiary/aromatic N) is 1. The van der Waals surface area contributed by atoms with Crippen molar-refractivity contribution < 1.29 is 4.74 Å². The predicted molar refractivity (Wildman–Crippen MR) is 78.5 cm³/mol. The third-order valence-corrected chi connectivity index (χ3v) is 5.28. The second-order valence-corrected chi connectivity index (χ2v) is 6.82. The molecule has 110 valence electrons. The van der Waals surface area contributed by atoms with E-state index in [1.807, 2.05) is 0 Å². The molecule has 2 aliphatic heterocycles. The molecule has 3 nitrogen and oxygen atoms in total. The van der Waals surface area contributed by atoms with Crippen molar-refractivity contribution in [3.63, 3.8) is 0 Å². The maximum Gasteiger partial charge on any atom is 0.0588 e. The summed E-state index contributed by atoms with van der Waals surface area (Å²) in [5.74, 6) is 0. The van der Waals surface area contributed by atoms with E-state index in [0.29, 0.717) is 11.6 Å². The third-order valence-electron chi connectivity index (χ3n) is 5.28. The van der Waals surface area contributed by atoms with Gasteiger partial charge in [-0.25, -0.2) is 0 Å². The molecular formula is C16H30N2O. The van der Waals surface area contributed by atoms with E-state index in [0.717, 1.165) is 6.61 Å². The van der Waals surface area contributed by atoms with Gasteiger partial charge in [-0.05, 0) is 51.6 Å². The normalized spacial score (nSPS) is 32.5. The van der Waals surface area contributed by atoms with Gasteiger partial charge in [-0.15, -0.1) is 0 Å². The molecule has 3 rings (SSSR count). The SMILES string of the molecule is C1CCC2(CC1)CN(CCC1CCCO1)CCCN2. The molecule has 1 N–H and O–H groups in total. The zero-order chi connectivity index (χ0) is 13.0. The van der Waals surface area contributed by atoms with Crippen LogP contribution in [0, 0.1) is 0 Å². The van der Waals surface area contributed by atoms with Crippen molar-refractivity contribution in [2.24, 2.45) is 0 Å². The number of ether oxygens (including phenoxy) is 1. The smallest absolute Gasteiger partial charge is 0.0588 e. The molecule has 1 unspecified atom stereocenters. The zero-order valence-corrected chi connectivity index (χ0v) is 12.3. The monoisotopic (exact) mass is 266 g/mol. The van der Waals surface area contributed by atoms with Crippen LogP contribution in [0.25, 0.3) is 0 Å². The Hall–Kier alpha value is -0.120. The van der Waals surface area contributed by atoms with Gasteiger partial charge < -0.3 is 15.0 Å².